The van der Waals surface area contributed by atoms with E-state index in [1.807, 2.05) is 0 Å². The Morgan fingerprint density at radius 2 is 1.65 bits per heavy atom. The van der Waals surface area contributed by atoms with E-state index in [0.29, 0.717) is 5.56 Å². The Morgan fingerprint density at radius 1 is 1.05 bits per heavy atom. The Bertz CT molecular complexity index is 437. The maximum Gasteiger partial charge on any atom is 0.416 e. The summed E-state index contributed by atoms with van der Waals surface area (Å²) in [5.41, 5.74) is -0.513. The second-order valence-corrected chi connectivity index (χ2v) is 4.73. The molecule has 7 heteroatoms. The van der Waals surface area contributed by atoms with Crippen LogP contribution in [0.3, 0.4) is 0 Å². The van der Waals surface area contributed by atoms with Crippen LogP contribution < -0.4 is 5.32 Å². The molecule has 20 heavy (non-hydrogen) atoms. The third-order valence-corrected chi connectivity index (χ3v) is 2.79. The van der Waals surface area contributed by atoms with Gasteiger partial charge in [0, 0.05) is 12.1 Å². The van der Waals surface area contributed by atoms with Gasteiger partial charge in [-0.05, 0) is 31.5 Å². The fourth-order valence-electron chi connectivity index (χ4n) is 1.91. The molecule has 1 aromatic carbocycles. The van der Waals surface area contributed by atoms with E-state index in [4.69, 9.17) is 0 Å². The summed E-state index contributed by atoms with van der Waals surface area (Å²) in [5, 5.41) is 2.64. The molecule has 0 amide bonds. The predicted octanol–water partition coefficient (Wildman–Crippen LogP) is 4.70. The fraction of sp³-hybridized carbons (Fsp3) is 0.538. The first-order chi connectivity index (χ1) is 8.99. The Balaban J connectivity index is 2.75. The molecule has 0 aromatic heterocycles. The van der Waals surface area contributed by atoms with Crippen molar-refractivity contribution in [2.45, 2.75) is 44.7 Å². The molecule has 0 radical (unpaired) electrons. The first kappa shape index (κ1) is 16.8. The minimum Gasteiger partial charge on any atom is -0.307 e. The van der Waals surface area contributed by atoms with Gasteiger partial charge < -0.3 is 5.32 Å². The molecule has 1 aromatic rings. The average molecular weight is 299 g/mol. The molecule has 1 rings (SSSR count). The predicted molar refractivity (Wildman–Crippen MR) is 63.1 cm³/mol. The van der Waals surface area contributed by atoms with Crippen molar-refractivity contribution >= 4 is 0 Å². The average Bonchev–Trinajstić information content (AvgIpc) is 2.25. The summed E-state index contributed by atoms with van der Waals surface area (Å²) in [6, 6.07) is 3.08. The molecule has 1 nitrogen and oxygen atoms in total. The van der Waals surface area contributed by atoms with Crippen molar-refractivity contribution in [2.24, 2.45) is 0 Å². The molecule has 0 aliphatic carbocycles. The minimum absolute atomic E-state index is 0.300. The first-order valence-electron chi connectivity index (χ1n) is 5.99. The van der Waals surface area contributed by atoms with Crippen LogP contribution in [0.15, 0.2) is 24.3 Å². The number of benzene rings is 1. The highest BCUT2D eigenvalue weighted by Gasteiger charge is 2.32. The van der Waals surface area contributed by atoms with Crippen LogP contribution in [-0.4, -0.2) is 12.2 Å². The van der Waals surface area contributed by atoms with Crippen molar-refractivity contribution in [3.8, 4) is 0 Å². The SMILES string of the molecule is CC(CC(F)(F)F)NC(C)c1cccc(C(F)(F)F)c1. The molecule has 0 saturated heterocycles. The standard InChI is InChI=1S/C13H15F6N/c1-8(7-12(14,15)16)20-9(2)10-4-3-5-11(6-10)13(17,18)19/h3-6,8-9,20H,7H2,1-2H3. The highest BCUT2D eigenvalue weighted by atomic mass is 19.4. The Hall–Kier alpha value is -1.24. The molecule has 0 fully saturated rings. The molecule has 1 N–H and O–H groups in total. The number of rotatable bonds is 4. The van der Waals surface area contributed by atoms with Crippen LogP contribution in [0.1, 0.15) is 37.4 Å². The minimum atomic E-state index is -4.46. The molecule has 2 atom stereocenters. The van der Waals surface area contributed by atoms with E-state index < -0.39 is 36.4 Å². The van der Waals surface area contributed by atoms with E-state index in [1.54, 1.807) is 0 Å². The third kappa shape index (κ3) is 5.40. The van der Waals surface area contributed by atoms with E-state index in [1.165, 1.54) is 26.0 Å². The zero-order valence-corrected chi connectivity index (χ0v) is 10.9. The van der Waals surface area contributed by atoms with Gasteiger partial charge >= 0.3 is 12.4 Å². The van der Waals surface area contributed by atoms with Gasteiger partial charge in [0.05, 0.1) is 12.0 Å². The van der Waals surface area contributed by atoms with Gasteiger partial charge in [-0.15, -0.1) is 0 Å². The highest BCUT2D eigenvalue weighted by molar-refractivity contribution is 5.27. The zero-order valence-electron chi connectivity index (χ0n) is 10.9. The molecule has 0 aliphatic heterocycles. The van der Waals surface area contributed by atoms with Crippen LogP contribution in [0.4, 0.5) is 26.3 Å². The van der Waals surface area contributed by atoms with Gasteiger partial charge in [0.1, 0.15) is 0 Å². The number of hydrogen-bond acceptors (Lipinski definition) is 1. The summed E-state index contributed by atoms with van der Waals surface area (Å²) in [6.45, 7) is 2.87. The van der Waals surface area contributed by atoms with E-state index in [-0.39, 0.29) is 0 Å². The lowest BCUT2D eigenvalue weighted by Gasteiger charge is -2.22. The molecule has 0 saturated carbocycles. The van der Waals surface area contributed by atoms with Gasteiger partial charge in [0.15, 0.2) is 0 Å². The lowest BCUT2D eigenvalue weighted by atomic mass is 10.0. The second kappa shape index (κ2) is 6.03. The van der Waals surface area contributed by atoms with Gasteiger partial charge in [0.2, 0.25) is 0 Å². The molecular formula is C13H15F6N. The summed E-state index contributed by atoms with van der Waals surface area (Å²) in [5.74, 6) is 0. The lowest BCUT2D eigenvalue weighted by molar-refractivity contribution is -0.139. The maximum atomic E-state index is 12.5. The van der Waals surface area contributed by atoms with E-state index in [2.05, 4.69) is 5.32 Å². The van der Waals surface area contributed by atoms with Gasteiger partial charge in [-0.2, -0.15) is 26.3 Å². The lowest BCUT2D eigenvalue weighted by Crippen LogP contribution is -2.33. The number of hydrogen-bond donors (Lipinski definition) is 1. The highest BCUT2D eigenvalue weighted by Crippen LogP contribution is 2.31. The second-order valence-electron chi connectivity index (χ2n) is 4.73. The number of halogens is 6. The Morgan fingerprint density at radius 3 is 2.15 bits per heavy atom. The van der Waals surface area contributed by atoms with Crippen molar-refractivity contribution in [1.29, 1.82) is 0 Å². The van der Waals surface area contributed by atoms with Crippen molar-refractivity contribution < 1.29 is 26.3 Å². The summed E-state index contributed by atoms with van der Waals surface area (Å²) < 4.78 is 74.2. The molecule has 0 bridgehead atoms. The van der Waals surface area contributed by atoms with Gasteiger partial charge in [0.25, 0.3) is 0 Å². The van der Waals surface area contributed by atoms with Crippen molar-refractivity contribution in [2.75, 3.05) is 0 Å². The van der Waals surface area contributed by atoms with Crippen molar-refractivity contribution in [3.05, 3.63) is 35.4 Å². The molecule has 0 aliphatic rings. The monoisotopic (exact) mass is 299 g/mol. The van der Waals surface area contributed by atoms with Gasteiger partial charge in [-0.3, -0.25) is 0 Å². The van der Waals surface area contributed by atoms with Gasteiger partial charge in [-0.25, -0.2) is 0 Å². The molecule has 0 heterocycles. The number of nitrogens with one attached hydrogen (secondary N) is 1. The Labute approximate surface area is 113 Å². The Kier molecular flexibility index (Phi) is 5.07. The van der Waals surface area contributed by atoms with Crippen molar-refractivity contribution in [3.63, 3.8) is 0 Å². The van der Waals surface area contributed by atoms with Crippen LogP contribution in [0, 0.1) is 0 Å². The smallest absolute Gasteiger partial charge is 0.307 e. The van der Waals surface area contributed by atoms with E-state index in [9.17, 15) is 26.3 Å². The van der Waals surface area contributed by atoms with Crippen LogP contribution in [-0.2, 0) is 6.18 Å². The van der Waals surface area contributed by atoms with E-state index >= 15 is 0 Å². The summed E-state index contributed by atoms with van der Waals surface area (Å²) >= 11 is 0. The number of alkyl halides is 6. The molecule has 2 unspecified atom stereocenters. The largest absolute Gasteiger partial charge is 0.416 e. The fourth-order valence-corrected chi connectivity index (χ4v) is 1.91. The topological polar surface area (TPSA) is 12.0 Å². The zero-order chi connectivity index (χ0) is 15.6. The van der Waals surface area contributed by atoms with Crippen LogP contribution in [0.2, 0.25) is 0 Å². The molecule has 0 spiro atoms. The first-order valence-corrected chi connectivity index (χ1v) is 5.99. The summed E-state index contributed by atoms with van der Waals surface area (Å²) in [7, 11) is 0. The normalized spacial score (nSPS) is 16.0. The van der Waals surface area contributed by atoms with Crippen LogP contribution >= 0.6 is 0 Å². The molecular weight excluding hydrogens is 284 g/mol. The summed E-state index contributed by atoms with van der Waals surface area (Å²) in [4.78, 5) is 0. The maximum absolute atomic E-state index is 12.5. The third-order valence-electron chi connectivity index (χ3n) is 2.79. The van der Waals surface area contributed by atoms with Crippen LogP contribution in [0.25, 0.3) is 0 Å². The van der Waals surface area contributed by atoms with Crippen molar-refractivity contribution in [1.82, 2.24) is 5.32 Å². The van der Waals surface area contributed by atoms with Crippen LogP contribution in [0.5, 0.6) is 0 Å². The quantitative estimate of drug-likeness (QED) is 0.795. The summed E-state index contributed by atoms with van der Waals surface area (Å²) in [6.07, 6.45) is -9.80. The molecule has 114 valence electrons. The van der Waals surface area contributed by atoms with Gasteiger partial charge in [-0.1, -0.05) is 12.1 Å². The van der Waals surface area contributed by atoms with E-state index in [0.717, 1.165) is 12.1 Å².